The second kappa shape index (κ2) is 4.18. The summed E-state index contributed by atoms with van der Waals surface area (Å²) >= 11 is 0. The van der Waals surface area contributed by atoms with Crippen LogP contribution in [-0.4, -0.2) is 16.0 Å². The van der Waals surface area contributed by atoms with Crippen molar-refractivity contribution in [2.45, 2.75) is 13.0 Å². The van der Waals surface area contributed by atoms with Crippen LogP contribution in [0.2, 0.25) is 0 Å². The van der Waals surface area contributed by atoms with Crippen molar-refractivity contribution in [1.82, 2.24) is 4.57 Å². The van der Waals surface area contributed by atoms with Crippen molar-refractivity contribution in [2.24, 2.45) is 0 Å². The molecule has 2 aromatic rings. The molecule has 2 heterocycles. The van der Waals surface area contributed by atoms with Crippen LogP contribution in [0.3, 0.4) is 0 Å². The minimum absolute atomic E-state index is 0.161. The first-order valence-corrected chi connectivity index (χ1v) is 5.94. The summed E-state index contributed by atoms with van der Waals surface area (Å²) in [7, 11) is 0. The Labute approximate surface area is 104 Å². The van der Waals surface area contributed by atoms with Crippen LogP contribution in [0.4, 0.5) is 11.5 Å². The highest BCUT2D eigenvalue weighted by Crippen LogP contribution is 2.36. The van der Waals surface area contributed by atoms with E-state index >= 15 is 0 Å². The fraction of sp³-hybridized carbons (Fsp3) is 0.231. The smallest absolute Gasteiger partial charge is 0.311 e. The first kappa shape index (κ1) is 10.8. The maximum Gasteiger partial charge on any atom is 0.311 e. The number of aromatic nitrogens is 1. The van der Waals surface area contributed by atoms with Gasteiger partial charge < -0.3 is 9.88 Å². The summed E-state index contributed by atoms with van der Waals surface area (Å²) in [4.78, 5) is 10.7. The molecule has 0 atom stereocenters. The van der Waals surface area contributed by atoms with E-state index in [2.05, 4.69) is 5.32 Å². The van der Waals surface area contributed by atoms with Crippen LogP contribution in [0.25, 0.3) is 11.3 Å². The average molecular weight is 243 g/mol. The quantitative estimate of drug-likeness (QED) is 0.651. The Kier molecular flexibility index (Phi) is 2.51. The number of anilines is 1. The van der Waals surface area contributed by atoms with Gasteiger partial charge in [-0.15, -0.1) is 0 Å². The summed E-state index contributed by atoms with van der Waals surface area (Å²) in [5.74, 6) is 0.630. The molecule has 5 heteroatoms. The van der Waals surface area contributed by atoms with Gasteiger partial charge in [0.15, 0.2) is 5.82 Å². The molecule has 18 heavy (non-hydrogen) atoms. The summed E-state index contributed by atoms with van der Waals surface area (Å²) in [5, 5.41) is 14.2. The molecule has 0 saturated heterocycles. The Hall–Kier alpha value is -2.30. The van der Waals surface area contributed by atoms with Gasteiger partial charge in [-0.2, -0.15) is 0 Å². The molecule has 0 aliphatic carbocycles. The molecule has 1 aromatic carbocycles. The summed E-state index contributed by atoms with van der Waals surface area (Å²) < 4.78 is 2.00. The zero-order valence-corrected chi connectivity index (χ0v) is 9.80. The minimum Gasteiger partial charge on any atom is -0.366 e. The molecule has 1 aromatic heterocycles. The molecule has 1 aliphatic rings. The third-order valence-electron chi connectivity index (χ3n) is 3.19. The normalized spacial score (nSPS) is 13.8. The number of rotatable bonds is 2. The highest BCUT2D eigenvalue weighted by molar-refractivity contribution is 5.73. The largest absolute Gasteiger partial charge is 0.366 e. The van der Waals surface area contributed by atoms with E-state index < -0.39 is 0 Å². The molecule has 92 valence electrons. The number of benzene rings is 1. The molecule has 0 bridgehead atoms. The maximum absolute atomic E-state index is 11.1. The topological polar surface area (TPSA) is 60.1 Å². The van der Waals surface area contributed by atoms with Gasteiger partial charge in [0.05, 0.1) is 10.6 Å². The summed E-state index contributed by atoms with van der Waals surface area (Å²) in [6, 6.07) is 11.4. The van der Waals surface area contributed by atoms with Crippen LogP contribution in [0, 0.1) is 10.1 Å². The Morgan fingerprint density at radius 3 is 2.78 bits per heavy atom. The minimum atomic E-state index is -0.323. The molecule has 5 nitrogen and oxygen atoms in total. The van der Waals surface area contributed by atoms with E-state index in [1.54, 1.807) is 6.07 Å². The molecule has 1 aliphatic heterocycles. The first-order valence-electron chi connectivity index (χ1n) is 5.94. The number of hydrogen-bond acceptors (Lipinski definition) is 3. The Morgan fingerprint density at radius 1 is 1.28 bits per heavy atom. The van der Waals surface area contributed by atoms with E-state index in [-0.39, 0.29) is 10.6 Å². The van der Waals surface area contributed by atoms with E-state index in [1.165, 1.54) is 0 Å². The van der Waals surface area contributed by atoms with Crippen molar-refractivity contribution in [3.8, 4) is 11.3 Å². The molecule has 3 rings (SSSR count). The maximum atomic E-state index is 11.1. The number of fused-ring (bicyclic) bond motifs is 1. The standard InChI is InChI=1S/C13H13N3O2/c17-16(18)12-9-11(10-5-2-1-3-6-10)15-8-4-7-14-13(12)15/h1-3,5-6,9,14H,4,7-8H2. The molecule has 0 unspecified atom stereocenters. The molecule has 0 saturated carbocycles. The van der Waals surface area contributed by atoms with Gasteiger partial charge in [-0.25, -0.2) is 0 Å². The molecule has 0 fully saturated rings. The van der Waals surface area contributed by atoms with Gasteiger partial charge in [0.2, 0.25) is 0 Å². The lowest BCUT2D eigenvalue weighted by molar-refractivity contribution is -0.383. The average Bonchev–Trinajstić information content (AvgIpc) is 2.79. The monoisotopic (exact) mass is 243 g/mol. The van der Waals surface area contributed by atoms with E-state index in [9.17, 15) is 10.1 Å². The Bertz CT molecular complexity index is 590. The zero-order valence-electron chi connectivity index (χ0n) is 9.80. The van der Waals surface area contributed by atoms with Gasteiger partial charge >= 0.3 is 5.69 Å². The lowest BCUT2D eigenvalue weighted by Gasteiger charge is -2.18. The van der Waals surface area contributed by atoms with E-state index in [4.69, 9.17) is 0 Å². The van der Waals surface area contributed by atoms with Gasteiger partial charge in [0.25, 0.3) is 0 Å². The molecular weight excluding hydrogens is 230 g/mol. The van der Waals surface area contributed by atoms with Crippen LogP contribution in [0.15, 0.2) is 36.4 Å². The van der Waals surface area contributed by atoms with Crippen molar-refractivity contribution < 1.29 is 4.92 Å². The first-order chi connectivity index (χ1) is 8.77. The fourth-order valence-electron chi connectivity index (χ4n) is 2.38. The van der Waals surface area contributed by atoms with Crippen molar-refractivity contribution in [3.05, 3.63) is 46.5 Å². The van der Waals surface area contributed by atoms with Crippen molar-refractivity contribution in [2.75, 3.05) is 11.9 Å². The third-order valence-corrected chi connectivity index (χ3v) is 3.19. The lowest BCUT2D eigenvalue weighted by Crippen LogP contribution is -2.17. The fourth-order valence-corrected chi connectivity index (χ4v) is 2.38. The molecule has 1 N–H and O–H groups in total. The highest BCUT2D eigenvalue weighted by Gasteiger charge is 2.25. The molecule has 0 spiro atoms. The second-order valence-electron chi connectivity index (χ2n) is 4.32. The van der Waals surface area contributed by atoms with Crippen LogP contribution in [0.5, 0.6) is 0 Å². The van der Waals surface area contributed by atoms with E-state index in [1.807, 2.05) is 34.9 Å². The van der Waals surface area contributed by atoms with Crippen molar-refractivity contribution >= 4 is 11.5 Å². The zero-order chi connectivity index (χ0) is 12.5. The number of hydrogen-bond donors (Lipinski definition) is 1. The van der Waals surface area contributed by atoms with Crippen LogP contribution in [-0.2, 0) is 6.54 Å². The number of nitrogens with zero attached hydrogens (tertiary/aromatic N) is 2. The Balaban J connectivity index is 2.18. The van der Waals surface area contributed by atoms with Crippen LogP contribution in [0.1, 0.15) is 6.42 Å². The molecule has 0 radical (unpaired) electrons. The summed E-state index contributed by atoms with van der Waals surface area (Å²) in [6.45, 7) is 1.61. The molecular formula is C13H13N3O2. The SMILES string of the molecule is O=[N+]([O-])c1cc(-c2ccccc2)n2c1NCCC2. The van der Waals surface area contributed by atoms with Crippen LogP contribution >= 0.6 is 0 Å². The van der Waals surface area contributed by atoms with E-state index in [0.29, 0.717) is 5.82 Å². The summed E-state index contributed by atoms with van der Waals surface area (Å²) in [5.41, 5.74) is 2.08. The van der Waals surface area contributed by atoms with Gasteiger partial charge in [-0.05, 0) is 12.0 Å². The molecule has 0 amide bonds. The highest BCUT2D eigenvalue weighted by atomic mass is 16.6. The van der Waals surface area contributed by atoms with Gasteiger partial charge in [-0.3, -0.25) is 10.1 Å². The number of nitro groups is 1. The van der Waals surface area contributed by atoms with Gasteiger partial charge in [0.1, 0.15) is 0 Å². The second-order valence-corrected chi connectivity index (χ2v) is 4.32. The summed E-state index contributed by atoms with van der Waals surface area (Å²) in [6.07, 6.45) is 0.985. The van der Waals surface area contributed by atoms with Crippen LogP contribution < -0.4 is 5.32 Å². The predicted molar refractivity (Wildman–Crippen MR) is 69.6 cm³/mol. The lowest BCUT2D eigenvalue weighted by atomic mass is 10.1. The van der Waals surface area contributed by atoms with Crippen molar-refractivity contribution in [1.29, 1.82) is 0 Å². The van der Waals surface area contributed by atoms with Gasteiger partial charge in [-0.1, -0.05) is 30.3 Å². The van der Waals surface area contributed by atoms with Crippen molar-refractivity contribution in [3.63, 3.8) is 0 Å². The predicted octanol–water partition coefficient (Wildman–Crippen LogP) is 2.88. The Morgan fingerprint density at radius 2 is 2.06 bits per heavy atom. The number of nitrogens with one attached hydrogen (secondary N) is 1. The van der Waals surface area contributed by atoms with E-state index in [0.717, 1.165) is 30.8 Å². The van der Waals surface area contributed by atoms with Gasteiger partial charge in [0, 0.05) is 19.2 Å². The third kappa shape index (κ3) is 1.64.